The zero-order chi connectivity index (χ0) is 15.6. The molecule has 0 radical (unpaired) electrons. The lowest BCUT2D eigenvalue weighted by Gasteiger charge is -2.11. The predicted octanol–water partition coefficient (Wildman–Crippen LogP) is 3.50. The van der Waals surface area contributed by atoms with Gasteiger partial charge in [0, 0.05) is 5.02 Å². The molecule has 0 saturated carbocycles. The van der Waals surface area contributed by atoms with Crippen molar-refractivity contribution in [3.63, 3.8) is 0 Å². The van der Waals surface area contributed by atoms with Crippen LogP contribution in [0.4, 0.5) is 14.5 Å². The van der Waals surface area contributed by atoms with Crippen molar-refractivity contribution < 1.29 is 13.6 Å². The highest BCUT2D eigenvalue weighted by Crippen LogP contribution is 2.21. The summed E-state index contributed by atoms with van der Waals surface area (Å²) in [6.07, 6.45) is 0. The van der Waals surface area contributed by atoms with E-state index < -0.39 is 17.5 Å². The highest BCUT2D eigenvalue weighted by molar-refractivity contribution is 7.80. The van der Waals surface area contributed by atoms with Crippen LogP contribution in [0.3, 0.4) is 0 Å². The first-order valence-corrected chi connectivity index (χ1v) is 6.53. The second kappa shape index (κ2) is 6.15. The molecular weight excluding hydrogens is 318 g/mol. The Morgan fingerprint density at radius 3 is 2.52 bits per heavy atom. The number of carbonyl (C=O) groups is 1. The summed E-state index contributed by atoms with van der Waals surface area (Å²) >= 11 is 10.4. The van der Waals surface area contributed by atoms with E-state index >= 15 is 0 Å². The number of nitrogens with two attached hydrogens (primary N) is 1. The van der Waals surface area contributed by atoms with Gasteiger partial charge < -0.3 is 11.1 Å². The molecule has 0 saturated heterocycles. The summed E-state index contributed by atoms with van der Waals surface area (Å²) in [5.74, 6) is -2.21. The number of thiocarbonyl (C=S) groups is 1. The molecule has 0 unspecified atom stereocenters. The zero-order valence-corrected chi connectivity index (χ0v) is 12.1. The van der Waals surface area contributed by atoms with Gasteiger partial charge in [-0.05, 0) is 30.3 Å². The number of hydrogen-bond donors (Lipinski definition) is 2. The molecule has 0 aliphatic heterocycles. The number of halogens is 3. The zero-order valence-electron chi connectivity index (χ0n) is 10.5. The number of rotatable bonds is 3. The maximum absolute atomic E-state index is 13.7. The first-order valence-electron chi connectivity index (χ1n) is 5.75. The largest absolute Gasteiger partial charge is 0.389 e. The van der Waals surface area contributed by atoms with E-state index in [9.17, 15) is 13.6 Å². The lowest BCUT2D eigenvalue weighted by Crippen LogP contribution is -2.19. The highest BCUT2D eigenvalue weighted by atomic mass is 35.5. The minimum absolute atomic E-state index is 0.0712. The van der Waals surface area contributed by atoms with Crippen LogP contribution >= 0.6 is 23.8 Å². The average molecular weight is 327 g/mol. The Bertz CT molecular complexity index is 737. The number of carbonyl (C=O) groups excluding carboxylic acids is 1. The van der Waals surface area contributed by atoms with Crippen molar-refractivity contribution in [2.24, 2.45) is 5.73 Å². The van der Waals surface area contributed by atoms with Crippen LogP contribution in [-0.2, 0) is 0 Å². The normalized spacial score (nSPS) is 10.2. The van der Waals surface area contributed by atoms with Gasteiger partial charge in [-0.3, -0.25) is 4.79 Å². The molecule has 0 atom stereocenters. The second-order valence-corrected chi connectivity index (χ2v) is 4.98. The van der Waals surface area contributed by atoms with Crippen LogP contribution in [0.5, 0.6) is 0 Å². The topological polar surface area (TPSA) is 55.1 Å². The molecule has 2 rings (SSSR count). The molecule has 3 N–H and O–H groups in total. The van der Waals surface area contributed by atoms with Crippen LogP contribution in [0.25, 0.3) is 0 Å². The maximum atomic E-state index is 13.7. The molecule has 1 amide bonds. The smallest absolute Gasteiger partial charge is 0.258 e. The quantitative estimate of drug-likeness (QED) is 0.849. The van der Waals surface area contributed by atoms with Gasteiger partial charge in [-0.2, -0.15) is 0 Å². The first kappa shape index (κ1) is 15.3. The summed E-state index contributed by atoms with van der Waals surface area (Å²) in [6, 6.07) is 7.57. The van der Waals surface area contributed by atoms with E-state index in [2.05, 4.69) is 5.32 Å². The molecule has 2 aromatic carbocycles. The Kier molecular flexibility index (Phi) is 4.50. The minimum Gasteiger partial charge on any atom is -0.389 e. The first-order chi connectivity index (χ1) is 9.90. The Labute approximate surface area is 129 Å². The van der Waals surface area contributed by atoms with E-state index in [1.807, 2.05) is 0 Å². The summed E-state index contributed by atoms with van der Waals surface area (Å²) in [6.45, 7) is 0. The van der Waals surface area contributed by atoms with Gasteiger partial charge in [0.2, 0.25) is 0 Å². The van der Waals surface area contributed by atoms with Gasteiger partial charge in [-0.1, -0.05) is 29.9 Å². The fourth-order valence-electron chi connectivity index (χ4n) is 1.74. The van der Waals surface area contributed by atoms with Gasteiger partial charge in [0.25, 0.3) is 5.91 Å². The van der Waals surface area contributed by atoms with E-state index in [4.69, 9.17) is 29.6 Å². The second-order valence-electron chi connectivity index (χ2n) is 4.10. The number of anilines is 1. The molecule has 21 heavy (non-hydrogen) atoms. The van der Waals surface area contributed by atoms with Crippen molar-refractivity contribution in [3.8, 4) is 0 Å². The van der Waals surface area contributed by atoms with E-state index in [1.165, 1.54) is 24.3 Å². The molecule has 0 aromatic heterocycles. The molecule has 0 fully saturated rings. The molecule has 7 heteroatoms. The van der Waals surface area contributed by atoms with Gasteiger partial charge in [0.1, 0.15) is 16.6 Å². The van der Waals surface area contributed by atoms with Gasteiger partial charge in [0.05, 0.1) is 16.8 Å². The third kappa shape index (κ3) is 3.34. The predicted molar refractivity (Wildman–Crippen MR) is 81.7 cm³/mol. The van der Waals surface area contributed by atoms with E-state index in [0.717, 1.165) is 12.1 Å². The molecule has 108 valence electrons. The molecule has 0 aliphatic rings. The summed E-state index contributed by atoms with van der Waals surface area (Å²) in [5, 5.41) is 2.55. The monoisotopic (exact) mass is 326 g/mol. The Hall–Kier alpha value is -2.05. The van der Waals surface area contributed by atoms with Gasteiger partial charge >= 0.3 is 0 Å². The average Bonchev–Trinajstić information content (AvgIpc) is 2.37. The van der Waals surface area contributed by atoms with E-state index in [1.54, 1.807) is 0 Å². The van der Waals surface area contributed by atoms with Crippen LogP contribution < -0.4 is 11.1 Å². The SMILES string of the molecule is NC(=S)c1c(F)cccc1NC(=O)c1ccc(Cl)cc1F. The molecule has 0 aliphatic carbocycles. The van der Waals surface area contributed by atoms with Crippen molar-refractivity contribution in [1.82, 2.24) is 0 Å². The van der Waals surface area contributed by atoms with Crippen LogP contribution in [0.15, 0.2) is 36.4 Å². The lowest BCUT2D eigenvalue weighted by molar-refractivity contribution is 0.102. The van der Waals surface area contributed by atoms with Gasteiger partial charge in [-0.15, -0.1) is 0 Å². The van der Waals surface area contributed by atoms with Crippen molar-refractivity contribution in [2.75, 3.05) is 5.32 Å². The molecule has 0 spiro atoms. The van der Waals surface area contributed by atoms with Crippen molar-refractivity contribution in [1.29, 1.82) is 0 Å². The Morgan fingerprint density at radius 2 is 1.90 bits per heavy atom. The molecular formula is C14H9ClF2N2OS. The summed E-state index contributed by atoms with van der Waals surface area (Å²) < 4.78 is 27.3. The van der Waals surface area contributed by atoms with Crippen molar-refractivity contribution in [3.05, 3.63) is 64.2 Å². The lowest BCUT2D eigenvalue weighted by atomic mass is 10.1. The number of hydrogen-bond acceptors (Lipinski definition) is 2. The molecule has 3 nitrogen and oxygen atoms in total. The number of nitrogens with one attached hydrogen (secondary N) is 1. The third-order valence-corrected chi connectivity index (χ3v) is 3.12. The van der Waals surface area contributed by atoms with E-state index in [-0.39, 0.29) is 26.8 Å². The maximum Gasteiger partial charge on any atom is 0.258 e. The van der Waals surface area contributed by atoms with Crippen LogP contribution in [0, 0.1) is 11.6 Å². The summed E-state index contributed by atoms with van der Waals surface area (Å²) in [5.41, 5.74) is 5.17. The molecule has 2 aromatic rings. The fourth-order valence-corrected chi connectivity index (χ4v) is 2.11. The minimum atomic E-state index is -0.784. The van der Waals surface area contributed by atoms with Gasteiger partial charge in [-0.25, -0.2) is 8.78 Å². The molecule has 0 bridgehead atoms. The van der Waals surface area contributed by atoms with Crippen molar-refractivity contribution >= 4 is 40.4 Å². The number of amides is 1. The fraction of sp³-hybridized carbons (Fsp3) is 0. The summed E-state index contributed by atoms with van der Waals surface area (Å²) in [7, 11) is 0. The van der Waals surface area contributed by atoms with E-state index in [0.29, 0.717) is 0 Å². The molecule has 0 heterocycles. The van der Waals surface area contributed by atoms with Gasteiger partial charge in [0.15, 0.2) is 0 Å². The standard InChI is InChI=1S/C14H9ClF2N2OS/c15-7-4-5-8(10(17)6-7)14(20)19-11-3-1-2-9(16)12(11)13(18)21/h1-6H,(H2,18,21)(H,19,20). The Morgan fingerprint density at radius 1 is 1.19 bits per heavy atom. The number of benzene rings is 2. The Balaban J connectivity index is 2.36. The third-order valence-electron chi connectivity index (χ3n) is 2.68. The van der Waals surface area contributed by atoms with Crippen LogP contribution in [-0.4, -0.2) is 10.9 Å². The van der Waals surface area contributed by atoms with Crippen LogP contribution in [0.2, 0.25) is 5.02 Å². The summed E-state index contributed by atoms with van der Waals surface area (Å²) in [4.78, 5) is 11.8. The van der Waals surface area contributed by atoms with Crippen LogP contribution in [0.1, 0.15) is 15.9 Å². The highest BCUT2D eigenvalue weighted by Gasteiger charge is 2.16. The van der Waals surface area contributed by atoms with Crippen molar-refractivity contribution in [2.45, 2.75) is 0 Å².